The normalized spacial score (nSPS) is 23.1. The summed E-state index contributed by atoms with van der Waals surface area (Å²) < 4.78 is 27.3. The summed E-state index contributed by atoms with van der Waals surface area (Å²) in [4.78, 5) is 0.314. The maximum Gasteiger partial charge on any atom is 0.240 e. The highest BCUT2D eigenvalue weighted by atomic mass is 32.2. The molecule has 1 saturated carbocycles. The molecule has 1 aliphatic carbocycles. The van der Waals surface area contributed by atoms with E-state index in [1.807, 2.05) is 13.0 Å². The van der Waals surface area contributed by atoms with Crippen LogP contribution in [0.5, 0.6) is 0 Å². The van der Waals surface area contributed by atoms with Crippen molar-refractivity contribution in [3.63, 3.8) is 0 Å². The molecule has 0 spiro atoms. The van der Waals surface area contributed by atoms with E-state index in [-0.39, 0.29) is 0 Å². The van der Waals surface area contributed by atoms with Gasteiger partial charge in [-0.15, -0.1) is 0 Å². The summed E-state index contributed by atoms with van der Waals surface area (Å²) in [6, 6.07) is 5.14. The van der Waals surface area contributed by atoms with Crippen molar-refractivity contribution in [1.29, 1.82) is 0 Å². The van der Waals surface area contributed by atoms with Crippen molar-refractivity contribution in [2.75, 3.05) is 6.54 Å². The first-order valence-electron chi connectivity index (χ1n) is 7.21. The Kier molecular flexibility index (Phi) is 4.83. The minimum Gasteiger partial charge on any atom is -0.326 e. The van der Waals surface area contributed by atoms with E-state index in [1.54, 1.807) is 12.1 Å². The second kappa shape index (κ2) is 6.24. The molecule has 112 valence electrons. The van der Waals surface area contributed by atoms with Crippen LogP contribution in [0.2, 0.25) is 0 Å². The summed E-state index contributed by atoms with van der Waals surface area (Å²) in [7, 11) is -3.42. The van der Waals surface area contributed by atoms with E-state index in [4.69, 9.17) is 5.73 Å². The minimum absolute atomic E-state index is 0.314. The Morgan fingerprint density at radius 1 is 1.35 bits per heavy atom. The number of nitrogens with two attached hydrogens (primary N) is 1. The summed E-state index contributed by atoms with van der Waals surface area (Å²) in [5.41, 5.74) is 7.54. The third kappa shape index (κ3) is 3.59. The Morgan fingerprint density at radius 2 is 2.10 bits per heavy atom. The van der Waals surface area contributed by atoms with Gasteiger partial charge in [-0.3, -0.25) is 0 Å². The molecule has 0 radical (unpaired) electrons. The zero-order valence-corrected chi connectivity index (χ0v) is 13.0. The van der Waals surface area contributed by atoms with Crippen molar-refractivity contribution >= 4 is 10.0 Å². The molecule has 2 rings (SSSR count). The zero-order chi connectivity index (χ0) is 14.8. The van der Waals surface area contributed by atoms with Gasteiger partial charge >= 0.3 is 0 Å². The lowest BCUT2D eigenvalue weighted by atomic mass is 10.1. The van der Waals surface area contributed by atoms with Crippen molar-refractivity contribution in [1.82, 2.24) is 4.72 Å². The van der Waals surface area contributed by atoms with Gasteiger partial charge in [0.25, 0.3) is 0 Å². The highest BCUT2D eigenvalue weighted by Crippen LogP contribution is 2.30. The maximum atomic E-state index is 12.3. The molecule has 1 aliphatic rings. The number of nitrogens with one attached hydrogen (secondary N) is 1. The summed E-state index contributed by atoms with van der Waals surface area (Å²) >= 11 is 0. The number of hydrogen-bond acceptors (Lipinski definition) is 3. The van der Waals surface area contributed by atoms with Crippen LogP contribution in [0, 0.1) is 18.8 Å². The van der Waals surface area contributed by atoms with Crippen LogP contribution in [0.15, 0.2) is 23.1 Å². The average Bonchev–Trinajstić information content (AvgIpc) is 2.83. The molecule has 1 fully saturated rings. The van der Waals surface area contributed by atoms with E-state index < -0.39 is 10.0 Å². The molecule has 4 nitrogen and oxygen atoms in total. The first-order chi connectivity index (χ1) is 9.42. The molecule has 0 amide bonds. The standard InChI is InChI=1S/C15H24N2O2S/c1-11-3-5-13(7-11)10-17-20(18,19)15-6-4-12(2)14(8-15)9-16/h4,6,8,11,13,17H,3,5,7,9-10,16H2,1-2H3. The lowest BCUT2D eigenvalue weighted by Gasteiger charge is -2.13. The van der Waals surface area contributed by atoms with Crippen LogP contribution in [-0.2, 0) is 16.6 Å². The summed E-state index contributed by atoms with van der Waals surface area (Å²) in [6.07, 6.45) is 3.43. The second-order valence-electron chi connectivity index (χ2n) is 5.93. The molecule has 0 saturated heterocycles. The monoisotopic (exact) mass is 296 g/mol. The minimum atomic E-state index is -3.42. The topological polar surface area (TPSA) is 72.2 Å². The van der Waals surface area contributed by atoms with Gasteiger partial charge in [-0.25, -0.2) is 13.1 Å². The fraction of sp³-hybridized carbons (Fsp3) is 0.600. The van der Waals surface area contributed by atoms with E-state index in [0.29, 0.717) is 29.8 Å². The lowest BCUT2D eigenvalue weighted by Crippen LogP contribution is -2.28. The number of rotatable bonds is 5. The molecule has 2 atom stereocenters. The van der Waals surface area contributed by atoms with Crippen molar-refractivity contribution in [3.05, 3.63) is 29.3 Å². The van der Waals surface area contributed by atoms with Gasteiger partial charge < -0.3 is 5.73 Å². The number of sulfonamides is 1. The van der Waals surface area contributed by atoms with Gasteiger partial charge in [0.2, 0.25) is 10.0 Å². The molecule has 0 aliphatic heterocycles. The van der Waals surface area contributed by atoms with Crippen LogP contribution in [-0.4, -0.2) is 15.0 Å². The fourth-order valence-corrected chi connectivity index (χ4v) is 4.02. The number of benzene rings is 1. The molecule has 1 aromatic carbocycles. The van der Waals surface area contributed by atoms with Crippen LogP contribution >= 0.6 is 0 Å². The van der Waals surface area contributed by atoms with Crippen LogP contribution in [0.1, 0.15) is 37.3 Å². The smallest absolute Gasteiger partial charge is 0.240 e. The predicted molar refractivity (Wildman–Crippen MR) is 80.8 cm³/mol. The zero-order valence-electron chi connectivity index (χ0n) is 12.2. The van der Waals surface area contributed by atoms with Crippen LogP contribution in [0.4, 0.5) is 0 Å². The first-order valence-corrected chi connectivity index (χ1v) is 8.70. The Morgan fingerprint density at radius 3 is 2.70 bits per heavy atom. The molecular formula is C15H24N2O2S. The molecule has 20 heavy (non-hydrogen) atoms. The summed E-state index contributed by atoms with van der Waals surface area (Å²) in [5, 5.41) is 0. The van der Waals surface area contributed by atoms with Crippen LogP contribution < -0.4 is 10.5 Å². The molecule has 0 aromatic heterocycles. The lowest BCUT2D eigenvalue weighted by molar-refractivity contribution is 0.498. The third-order valence-electron chi connectivity index (χ3n) is 4.22. The number of aryl methyl sites for hydroxylation is 1. The summed E-state index contributed by atoms with van der Waals surface area (Å²) in [5.74, 6) is 1.19. The largest absolute Gasteiger partial charge is 0.326 e. The van der Waals surface area contributed by atoms with E-state index in [2.05, 4.69) is 11.6 Å². The molecule has 0 bridgehead atoms. The number of hydrogen-bond donors (Lipinski definition) is 2. The predicted octanol–water partition coefficient (Wildman–Crippen LogP) is 2.17. The molecule has 5 heteroatoms. The van der Waals surface area contributed by atoms with Crippen molar-refractivity contribution in [2.24, 2.45) is 17.6 Å². The van der Waals surface area contributed by atoms with Crippen molar-refractivity contribution < 1.29 is 8.42 Å². The van der Waals surface area contributed by atoms with E-state index in [9.17, 15) is 8.42 Å². The first kappa shape index (κ1) is 15.5. The average molecular weight is 296 g/mol. The fourth-order valence-electron chi connectivity index (χ4n) is 2.86. The molecule has 2 unspecified atom stereocenters. The Labute approximate surface area is 121 Å². The van der Waals surface area contributed by atoms with Crippen molar-refractivity contribution in [2.45, 2.75) is 44.6 Å². The van der Waals surface area contributed by atoms with Gasteiger partial charge in [0, 0.05) is 13.1 Å². The highest BCUT2D eigenvalue weighted by Gasteiger charge is 2.23. The van der Waals surface area contributed by atoms with Gasteiger partial charge in [0.05, 0.1) is 4.90 Å². The van der Waals surface area contributed by atoms with Gasteiger partial charge in [0.15, 0.2) is 0 Å². The SMILES string of the molecule is Cc1ccc(S(=O)(=O)NCC2CCC(C)C2)cc1CN. The Balaban J connectivity index is 2.06. The third-order valence-corrected chi connectivity index (χ3v) is 5.64. The summed E-state index contributed by atoms with van der Waals surface area (Å²) in [6.45, 7) is 5.06. The second-order valence-corrected chi connectivity index (χ2v) is 7.70. The van der Waals surface area contributed by atoms with Gasteiger partial charge in [-0.05, 0) is 54.9 Å². The van der Waals surface area contributed by atoms with Crippen LogP contribution in [0.25, 0.3) is 0 Å². The molecule has 1 aromatic rings. The van der Waals surface area contributed by atoms with E-state index in [1.165, 1.54) is 6.42 Å². The molecular weight excluding hydrogens is 272 g/mol. The molecule has 3 N–H and O–H groups in total. The van der Waals surface area contributed by atoms with Gasteiger partial charge in [-0.2, -0.15) is 0 Å². The van der Waals surface area contributed by atoms with E-state index >= 15 is 0 Å². The molecule has 0 heterocycles. The van der Waals surface area contributed by atoms with E-state index in [0.717, 1.165) is 24.0 Å². The van der Waals surface area contributed by atoms with Gasteiger partial charge in [0.1, 0.15) is 0 Å². The van der Waals surface area contributed by atoms with Crippen LogP contribution in [0.3, 0.4) is 0 Å². The Hall–Kier alpha value is -0.910. The Bertz CT molecular complexity index is 569. The maximum absolute atomic E-state index is 12.3. The quantitative estimate of drug-likeness (QED) is 0.874. The van der Waals surface area contributed by atoms with Crippen molar-refractivity contribution in [3.8, 4) is 0 Å². The van der Waals surface area contributed by atoms with Gasteiger partial charge in [-0.1, -0.05) is 19.4 Å². The highest BCUT2D eigenvalue weighted by molar-refractivity contribution is 7.89.